The summed E-state index contributed by atoms with van der Waals surface area (Å²) < 4.78 is 0. The summed E-state index contributed by atoms with van der Waals surface area (Å²) >= 11 is 2.03. The molecule has 1 saturated heterocycles. The summed E-state index contributed by atoms with van der Waals surface area (Å²) in [5.41, 5.74) is 2.88. The summed E-state index contributed by atoms with van der Waals surface area (Å²) in [4.78, 5) is 17.1. The molecular weight excluding hydrogens is 336 g/mol. The minimum absolute atomic E-state index is 0.0389. The largest absolute Gasteiger partial charge is 0.340 e. The van der Waals surface area contributed by atoms with E-state index in [0.717, 1.165) is 18.7 Å². The minimum atomic E-state index is -0.415. The maximum Gasteiger partial charge on any atom is 0.290 e. The molecule has 1 fully saturated rings. The van der Waals surface area contributed by atoms with Gasteiger partial charge in [-0.1, -0.05) is 12.1 Å². The molecule has 1 aromatic heterocycles. The van der Waals surface area contributed by atoms with E-state index >= 15 is 0 Å². The van der Waals surface area contributed by atoms with Crippen molar-refractivity contribution in [2.75, 3.05) is 36.5 Å². The zero-order valence-corrected chi connectivity index (χ0v) is 15.1. The summed E-state index contributed by atoms with van der Waals surface area (Å²) in [5, 5.41) is 14.0. The van der Waals surface area contributed by atoms with Gasteiger partial charge in [0.05, 0.1) is 4.92 Å². The van der Waals surface area contributed by atoms with Crippen molar-refractivity contribution in [3.8, 4) is 0 Å². The second kappa shape index (κ2) is 8.31. The maximum atomic E-state index is 10.8. The van der Waals surface area contributed by atoms with Crippen LogP contribution in [0.1, 0.15) is 11.1 Å². The fourth-order valence-corrected chi connectivity index (χ4v) is 3.80. The first-order valence-corrected chi connectivity index (χ1v) is 9.54. The van der Waals surface area contributed by atoms with Crippen molar-refractivity contribution in [3.63, 3.8) is 0 Å². The Morgan fingerprint density at radius 2 is 2.00 bits per heavy atom. The Morgan fingerprint density at radius 1 is 1.28 bits per heavy atom. The fraction of sp³-hybridized carbons (Fsp3) is 0.389. The first-order valence-electron chi connectivity index (χ1n) is 8.39. The first-order chi connectivity index (χ1) is 12.1. The Bertz CT molecular complexity index is 730. The molecule has 0 saturated carbocycles. The number of hydrogen-bond acceptors (Lipinski definition) is 6. The number of aromatic nitrogens is 1. The normalized spacial score (nSPS) is 15.1. The number of pyridine rings is 1. The number of anilines is 2. The van der Waals surface area contributed by atoms with Crippen molar-refractivity contribution >= 4 is 29.0 Å². The number of thioether (sulfide) groups is 1. The average Bonchev–Trinajstić information content (AvgIpc) is 2.62. The van der Waals surface area contributed by atoms with Gasteiger partial charge in [0.2, 0.25) is 0 Å². The van der Waals surface area contributed by atoms with Gasteiger partial charge in [0, 0.05) is 42.4 Å². The van der Waals surface area contributed by atoms with Crippen molar-refractivity contribution in [3.05, 3.63) is 57.8 Å². The van der Waals surface area contributed by atoms with Crippen molar-refractivity contribution < 1.29 is 4.92 Å². The lowest BCUT2D eigenvalue weighted by molar-refractivity contribution is -0.385. The summed E-state index contributed by atoms with van der Waals surface area (Å²) in [6.45, 7) is 5.20. The highest BCUT2D eigenvalue weighted by molar-refractivity contribution is 7.99. The molecule has 0 amide bonds. The zero-order chi connectivity index (χ0) is 17.6. The number of nitrogens with one attached hydrogen (secondary N) is 1. The third kappa shape index (κ3) is 4.93. The van der Waals surface area contributed by atoms with E-state index in [0.29, 0.717) is 11.4 Å². The van der Waals surface area contributed by atoms with Crippen LogP contribution in [0.4, 0.5) is 17.2 Å². The molecular formula is C18H22N4O2S. The van der Waals surface area contributed by atoms with Crippen LogP contribution < -0.4 is 5.32 Å². The molecule has 0 radical (unpaired) electrons. The van der Waals surface area contributed by atoms with Crippen LogP contribution in [0.5, 0.6) is 0 Å². The van der Waals surface area contributed by atoms with Crippen LogP contribution in [0.3, 0.4) is 0 Å². The molecule has 6 nitrogen and oxygen atoms in total. The molecule has 1 aliphatic rings. The number of rotatable bonds is 6. The number of aryl methyl sites for hydroxylation is 1. The smallest absolute Gasteiger partial charge is 0.290 e. The van der Waals surface area contributed by atoms with Gasteiger partial charge in [-0.25, -0.2) is 4.98 Å². The molecule has 132 valence electrons. The predicted octanol–water partition coefficient (Wildman–Crippen LogP) is 3.63. The Morgan fingerprint density at radius 3 is 2.64 bits per heavy atom. The van der Waals surface area contributed by atoms with E-state index in [1.807, 2.05) is 23.9 Å². The summed E-state index contributed by atoms with van der Waals surface area (Å²) in [7, 11) is 0. The molecule has 7 heteroatoms. The van der Waals surface area contributed by atoms with Crippen molar-refractivity contribution in [2.24, 2.45) is 0 Å². The molecule has 2 heterocycles. The lowest BCUT2D eigenvalue weighted by Crippen LogP contribution is -2.34. The molecule has 0 atom stereocenters. The number of nitrogens with zero attached hydrogens (tertiary/aromatic N) is 3. The predicted molar refractivity (Wildman–Crippen MR) is 103 cm³/mol. The van der Waals surface area contributed by atoms with Crippen LogP contribution in [0.15, 0.2) is 36.5 Å². The second-order valence-electron chi connectivity index (χ2n) is 6.14. The van der Waals surface area contributed by atoms with Gasteiger partial charge >= 0.3 is 0 Å². The van der Waals surface area contributed by atoms with Crippen LogP contribution in [-0.4, -0.2) is 45.9 Å². The van der Waals surface area contributed by atoms with Crippen LogP contribution in [0.2, 0.25) is 0 Å². The summed E-state index contributed by atoms with van der Waals surface area (Å²) in [5.74, 6) is 3.09. The molecule has 0 spiro atoms. The fourth-order valence-electron chi connectivity index (χ4n) is 2.82. The van der Waals surface area contributed by atoms with Crippen LogP contribution >= 0.6 is 11.8 Å². The van der Waals surface area contributed by atoms with Gasteiger partial charge in [-0.3, -0.25) is 10.1 Å². The Labute approximate surface area is 151 Å². The van der Waals surface area contributed by atoms with E-state index < -0.39 is 4.92 Å². The van der Waals surface area contributed by atoms with Crippen LogP contribution in [0, 0.1) is 17.0 Å². The second-order valence-corrected chi connectivity index (χ2v) is 7.36. The lowest BCUT2D eigenvalue weighted by Gasteiger charge is -2.26. The number of hydrogen-bond donors (Lipinski definition) is 1. The zero-order valence-electron chi connectivity index (χ0n) is 14.3. The van der Waals surface area contributed by atoms with Gasteiger partial charge in [-0.15, -0.1) is 0 Å². The van der Waals surface area contributed by atoms with E-state index in [9.17, 15) is 10.1 Å². The maximum absolute atomic E-state index is 10.8. The van der Waals surface area contributed by atoms with Crippen molar-refractivity contribution in [1.82, 2.24) is 9.88 Å². The van der Waals surface area contributed by atoms with Gasteiger partial charge in [-0.2, -0.15) is 11.8 Å². The molecule has 0 unspecified atom stereocenters. The highest BCUT2D eigenvalue weighted by atomic mass is 32.2. The van der Waals surface area contributed by atoms with Crippen molar-refractivity contribution in [1.29, 1.82) is 0 Å². The standard InChI is InChI=1S/C18H22N4O2S/c1-14-12-18(19-13-17(14)22(23)24)20-16-4-2-15(3-5-16)6-7-21-8-10-25-11-9-21/h2-5,12-13H,6-11H2,1H3,(H,19,20). The number of benzene rings is 1. The van der Waals surface area contributed by atoms with Gasteiger partial charge < -0.3 is 10.2 Å². The lowest BCUT2D eigenvalue weighted by atomic mass is 10.1. The van der Waals surface area contributed by atoms with E-state index in [4.69, 9.17) is 0 Å². The summed E-state index contributed by atoms with van der Waals surface area (Å²) in [6.07, 6.45) is 2.35. The molecule has 0 bridgehead atoms. The molecule has 1 aromatic carbocycles. The monoisotopic (exact) mass is 358 g/mol. The van der Waals surface area contributed by atoms with Gasteiger partial charge in [-0.05, 0) is 37.1 Å². The highest BCUT2D eigenvalue weighted by Crippen LogP contribution is 2.22. The molecule has 3 rings (SSSR count). The van der Waals surface area contributed by atoms with E-state index in [2.05, 4.69) is 27.3 Å². The average molecular weight is 358 g/mol. The molecule has 0 aliphatic carbocycles. The van der Waals surface area contributed by atoms with Gasteiger partial charge in [0.25, 0.3) is 5.69 Å². The highest BCUT2D eigenvalue weighted by Gasteiger charge is 2.12. The third-order valence-electron chi connectivity index (χ3n) is 4.33. The van der Waals surface area contributed by atoms with E-state index in [-0.39, 0.29) is 5.69 Å². The molecule has 25 heavy (non-hydrogen) atoms. The van der Waals surface area contributed by atoms with E-state index in [1.165, 1.54) is 36.4 Å². The van der Waals surface area contributed by atoms with Crippen LogP contribution in [0.25, 0.3) is 0 Å². The topological polar surface area (TPSA) is 71.3 Å². The summed E-state index contributed by atoms with van der Waals surface area (Å²) in [6, 6.07) is 10.00. The molecule has 1 aliphatic heterocycles. The number of nitro groups is 1. The van der Waals surface area contributed by atoms with Gasteiger partial charge in [0.1, 0.15) is 12.0 Å². The van der Waals surface area contributed by atoms with E-state index in [1.54, 1.807) is 13.0 Å². The Kier molecular flexibility index (Phi) is 5.88. The first kappa shape index (κ1) is 17.7. The Balaban J connectivity index is 1.57. The molecule has 2 aromatic rings. The SMILES string of the molecule is Cc1cc(Nc2ccc(CCN3CCSCC3)cc2)ncc1[N+](=O)[O-]. The van der Waals surface area contributed by atoms with Crippen molar-refractivity contribution in [2.45, 2.75) is 13.3 Å². The third-order valence-corrected chi connectivity index (χ3v) is 5.27. The molecule has 1 N–H and O–H groups in total. The minimum Gasteiger partial charge on any atom is -0.340 e. The Hall–Kier alpha value is -2.12. The van der Waals surface area contributed by atoms with Crippen LogP contribution in [-0.2, 0) is 6.42 Å². The quantitative estimate of drug-likeness (QED) is 0.628. The van der Waals surface area contributed by atoms with Gasteiger partial charge in [0.15, 0.2) is 0 Å².